The third-order valence-corrected chi connectivity index (χ3v) is 4.86. The summed E-state index contributed by atoms with van der Waals surface area (Å²) in [4.78, 5) is 11.1. The van der Waals surface area contributed by atoms with E-state index in [0.29, 0.717) is 18.1 Å². The Hall–Kier alpha value is -1.44. The van der Waals surface area contributed by atoms with Crippen molar-refractivity contribution in [1.82, 2.24) is 9.97 Å². The fraction of sp³-hybridized carbons (Fsp3) is 0.538. The van der Waals surface area contributed by atoms with Crippen LogP contribution in [0.5, 0.6) is 0 Å². The molecule has 0 radical (unpaired) electrons. The number of aryl methyl sites for hydroxylation is 1. The van der Waals surface area contributed by atoms with Gasteiger partial charge in [0.25, 0.3) is 0 Å². The van der Waals surface area contributed by atoms with Crippen LogP contribution in [0.15, 0.2) is 6.07 Å². The van der Waals surface area contributed by atoms with Gasteiger partial charge in [-0.25, -0.2) is 10.8 Å². The highest BCUT2D eigenvalue weighted by Gasteiger charge is 2.29. The maximum Gasteiger partial charge on any atom is 0.240 e. The fourth-order valence-electron chi connectivity index (χ4n) is 2.39. The van der Waals surface area contributed by atoms with Crippen molar-refractivity contribution in [2.75, 3.05) is 17.9 Å². The van der Waals surface area contributed by atoms with E-state index in [9.17, 15) is 0 Å². The number of nitrogens with one attached hydrogen (secondary N) is 2. The summed E-state index contributed by atoms with van der Waals surface area (Å²) in [6.45, 7) is 2.14. The van der Waals surface area contributed by atoms with Crippen LogP contribution in [0.25, 0.3) is 10.2 Å². The van der Waals surface area contributed by atoms with Gasteiger partial charge in [0.1, 0.15) is 10.6 Å². The Morgan fingerprint density at radius 2 is 2.25 bits per heavy atom. The van der Waals surface area contributed by atoms with Gasteiger partial charge >= 0.3 is 0 Å². The zero-order valence-corrected chi connectivity index (χ0v) is 12.5. The van der Waals surface area contributed by atoms with Crippen molar-refractivity contribution in [3.63, 3.8) is 0 Å². The zero-order valence-electron chi connectivity index (χ0n) is 11.6. The van der Waals surface area contributed by atoms with Gasteiger partial charge in [-0.2, -0.15) is 4.98 Å². The molecule has 1 aliphatic rings. The molecule has 4 N–H and O–H groups in total. The number of hydrazine groups is 1. The number of methoxy groups -OCH3 is 1. The van der Waals surface area contributed by atoms with E-state index < -0.39 is 0 Å². The summed E-state index contributed by atoms with van der Waals surface area (Å²) >= 11 is 1.69. The third-order valence-electron chi connectivity index (χ3n) is 3.69. The second-order valence-corrected chi connectivity index (χ2v) is 6.11. The van der Waals surface area contributed by atoms with Crippen molar-refractivity contribution in [2.24, 2.45) is 5.84 Å². The lowest BCUT2D eigenvalue weighted by Gasteiger charge is -2.35. The van der Waals surface area contributed by atoms with Gasteiger partial charge in [-0.05, 0) is 25.3 Å². The molecule has 0 spiro atoms. The van der Waals surface area contributed by atoms with Crippen LogP contribution in [0.2, 0.25) is 0 Å². The predicted molar refractivity (Wildman–Crippen MR) is 82.0 cm³/mol. The molecule has 2 aromatic rings. The van der Waals surface area contributed by atoms with Crippen LogP contribution in [0, 0.1) is 0 Å². The van der Waals surface area contributed by atoms with Crippen molar-refractivity contribution in [1.29, 1.82) is 0 Å². The summed E-state index contributed by atoms with van der Waals surface area (Å²) in [7, 11) is 1.76. The second kappa shape index (κ2) is 5.51. The Morgan fingerprint density at radius 3 is 2.90 bits per heavy atom. The van der Waals surface area contributed by atoms with E-state index in [1.807, 2.05) is 0 Å². The van der Waals surface area contributed by atoms with Crippen LogP contribution in [-0.4, -0.2) is 29.2 Å². The highest BCUT2D eigenvalue weighted by Crippen LogP contribution is 2.33. The lowest BCUT2D eigenvalue weighted by atomic mass is 9.89. The molecule has 0 saturated heterocycles. The first-order valence-electron chi connectivity index (χ1n) is 6.79. The number of anilines is 2. The average molecular weight is 293 g/mol. The quantitative estimate of drug-likeness (QED) is 0.578. The van der Waals surface area contributed by atoms with Crippen molar-refractivity contribution in [3.05, 3.63) is 10.9 Å². The number of nitrogens with zero attached hydrogens (tertiary/aromatic N) is 2. The van der Waals surface area contributed by atoms with E-state index >= 15 is 0 Å². The van der Waals surface area contributed by atoms with E-state index in [1.54, 1.807) is 18.4 Å². The molecule has 0 aliphatic heterocycles. The number of hydrogen-bond donors (Lipinski definition) is 3. The van der Waals surface area contributed by atoms with Crippen molar-refractivity contribution < 1.29 is 4.74 Å². The highest BCUT2D eigenvalue weighted by atomic mass is 32.1. The smallest absolute Gasteiger partial charge is 0.240 e. The molecule has 1 saturated carbocycles. The Balaban J connectivity index is 1.89. The Bertz CT molecular complexity index is 608. The minimum Gasteiger partial charge on any atom is -0.381 e. The molecule has 20 heavy (non-hydrogen) atoms. The molecule has 1 aliphatic carbocycles. The largest absolute Gasteiger partial charge is 0.381 e. The van der Waals surface area contributed by atoms with Crippen molar-refractivity contribution in [2.45, 2.75) is 38.3 Å². The standard InChI is InChI=1S/C13H19N5OS/c1-3-9-6-10-11(15-7-4-8(5-7)19-2)16-13(18-14)17-12(10)20-9/h6-8H,3-5,14H2,1-2H3,(H2,15,16,17,18). The van der Waals surface area contributed by atoms with Gasteiger partial charge in [0.15, 0.2) is 0 Å². The molecule has 2 aromatic heterocycles. The van der Waals surface area contributed by atoms with Crippen LogP contribution >= 0.6 is 11.3 Å². The first-order chi connectivity index (χ1) is 9.73. The van der Waals surface area contributed by atoms with Gasteiger partial charge < -0.3 is 10.1 Å². The van der Waals surface area contributed by atoms with E-state index in [0.717, 1.165) is 35.3 Å². The van der Waals surface area contributed by atoms with Crippen molar-refractivity contribution >= 4 is 33.3 Å². The van der Waals surface area contributed by atoms with Gasteiger partial charge in [-0.1, -0.05) is 6.92 Å². The summed E-state index contributed by atoms with van der Waals surface area (Å²) in [5.74, 6) is 6.76. The zero-order chi connectivity index (χ0) is 14.1. The summed E-state index contributed by atoms with van der Waals surface area (Å²) in [6, 6.07) is 2.57. The highest BCUT2D eigenvalue weighted by molar-refractivity contribution is 7.18. The van der Waals surface area contributed by atoms with Gasteiger partial charge in [0, 0.05) is 18.0 Å². The number of thiophene rings is 1. The van der Waals surface area contributed by atoms with E-state index in [2.05, 4.69) is 33.7 Å². The van der Waals surface area contributed by atoms with Gasteiger partial charge in [-0.15, -0.1) is 11.3 Å². The lowest BCUT2D eigenvalue weighted by Crippen LogP contribution is -2.40. The first kappa shape index (κ1) is 13.5. The van der Waals surface area contributed by atoms with Crippen molar-refractivity contribution in [3.8, 4) is 0 Å². The molecule has 2 heterocycles. The van der Waals surface area contributed by atoms with E-state index in [4.69, 9.17) is 10.6 Å². The molecule has 0 bridgehead atoms. The Kier molecular flexibility index (Phi) is 3.73. The Labute approximate surface area is 121 Å². The monoisotopic (exact) mass is 293 g/mol. The maximum atomic E-state index is 5.45. The van der Waals surface area contributed by atoms with Crippen LogP contribution < -0.4 is 16.6 Å². The normalized spacial score (nSPS) is 21.8. The van der Waals surface area contributed by atoms with Gasteiger partial charge in [0.2, 0.25) is 5.95 Å². The molecule has 7 heteroatoms. The Morgan fingerprint density at radius 1 is 1.45 bits per heavy atom. The number of nitrogen functional groups attached to an aromatic ring is 1. The van der Waals surface area contributed by atoms with Crippen LogP contribution in [0.3, 0.4) is 0 Å². The average Bonchev–Trinajstić information content (AvgIpc) is 2.84. The second-order valence-electron chi connectivity index (χ2n) is 5.00. The molecule has 0 aromatic carbocycles. The molecule has 0 amide bonds. The molecule has 6 nitrogen and oxygen atoms in total. The summed E-state index contributed by atoms with van der Waals surface area (Å²) in [5.41, 5.74) is 2.54. The van der Waals surface area contributed by atoms with Gasteiger partial charge in [0.05, 0.1) is 11.5 Å². The minimum absolute atomic E-state index is 0.366. The number of fused-ring (bicyclic) bond motifs is 1. The molecular weight excluding hydrogens is 274 g/mol. The molecule has 1 fully saturated rings. The molecule has 3 rings (SSSR count). The summed E-state index contributed by atoms with van der Waals surface area (Å²) < 4.78 is 5.30. The maximum absolute atomic E-state index is 5.45. The number of hydrogen-bond acceptors (Lipinski definition) is 7. The lowest BCUT2D eigenvalue weighted by molar-refractivity contribution is 0.0328. The molecule has 0 unspecified atom stereocenters. The number of nitrogens with two attached hydrogens (primary N) is 1. The molecular formula is C13H19N5OS. The minimum atomic E-state index is 0.366. The van der Waals surface area contributed by atoms with Crippen LogP contribution in [0.4, 0.5) is 11.8 Å². The number of ether oxygens (including phenoxy) is 1. The summed E-state index contributed by atoms with van der Waals surface area (Å²) in [6.07, 6.45) is 3.39. The van der Waals surface area contributed by atoms with Crippen LogP contribution in [-0.2, 0) is 11.2 Å². The molecule has 108 valence electrons. The fourth-order valence-corrected chi connectivity index (χ4v) is 3.36. The summed E-state index contributed by atoms with van der Waals surface area (Å²) in [5, 5.41) is 4.55. The number of aromatic nitrogens is 2. The predicted octanol–water partition coefficient (Wildman–Crippen LogP) is 2.13. The van der Waals surface area contributed by atoms with E-state index in [1.165, 1.54) is 4.88 Å². The van der Waals surface area contributed by atoms with E-state index in [-0.39, 0.29) is 0 Å². The number of rotatable bonds is 5. The molecule has 0 atom stereocenters. The van der Waals surface area contributed by atoms with Gasteiger partial charge in [-0.3, -0.25) is 5.43 Å². The third kappa shape index (κ3) is 2.44. The topological polar surface area (TPSA) is 85.1 Å². The first-order valence-corrected chi connectivity index (χ1v) is 7.61. The van der Waals surface area contributed by atoms with Crippen LogP contribution in [0.1, 0.15) is 24.6 Å². The SMILES string of the molecule is CCc1cc2c(NC3CC(OC)C3)nc(NN)nc2s1.